The van der Waals surface area contributed by atoms with Crippen LogP contribution in [0.15, 0.2) is 29.2 Å². The van der Waals surface area contributed by atoms with Crippen molar-refractivity contribution in [1.82, 2.24) is 5.32 Å². The fourth-order valence-corrected chi connectivity index (χ4v) is 2.10. The molecule has 0 aliphatic carbocycles. The molecule has 1 N–H and O–H groups in total. The summed E-state index contributed by atoms with van der Waals surface area (Å²) in [7, 11) is 0. The Balaban J connectivity index is 2.25. The van der Waals surface area contributed by atoms with E-state index in [1.54, 1.807) is 24.3 Å². The standard InChI is InChI=1S/C12H9NO5S/c14-10(15)6-18-8-4-2-1-3-7(8)5-9-11(16)13-12(17)19-9/h1-5H,6H2,(H,14,15)(H,13,16,17)/p-1/b9-5+. The normalized spacial score (nSPS) is 16.5. The maximum atomic E-state index is 11.4. The molecule has 1 heterocycles. The Morgan fingerprint density at radius 2 is 2.11 bits per heavy atom. The average molecular weight is 278 g/mol. The van der Waals surface area contributed by atoms with E-state index in [9.17, 15) is 19.5 Å². The van der Waals surface area contributed by atoms with E-state index in [4.69, 9.17) is 4.74 Å². The van der Waals surface area contributed by atoms with E-state index < -0.39 is 23.7 Å². The van der Waals surface area contributed by atoms with E-state index in [0.717, 1.165) is 11.8 Å². The largest absolute Gasteiger partial charge is 0.546 e. The fraction of sp³-hybridized carbons (Fsp3) is 0.0833. The number of amides is 2. The van der Waals surface area contributed by atoms with Crippen LogP contribution in [0.25, 0.3) is 6.08 Å². The molecular weight excluding hydrogens is 270 g/mol. The van der Waals surface area contributed by atoms with Crippen molar-refractivity contribution >= 4 is 35.0 Å². The topological polar surface area (TPSA) is 95.5 Å². The number of carbonyl (C=O) groups excluding carboxylic acids is 3. The van der Waals surface area contributed by atoms with E-state index in [1.165, 1.54) is 6.08 Å². The first-order valence-corrected chi connectivity index (χ1v) is 6.04. The number of para-hydroxylation sites is 1. The number of ether oxygens (including phenoxy) is 1. The predicted octanol–water partition coefficient (Wildman–Crippen LogP) is 0.139. The van der Waals surface area contributed by atoms with Gasteiger partial charge >= 0.3 is 0 Å². The highest BCUT2D eigenvalue weighted by atomic mass is 32.2. The van der Waals surface area contributed by atoms with E-state index in [-0.39, 0.29) is 4.91 Å². The molecule has 0 aromatic heterocycles. The number of carbonyl (C=O) groups is 3. The summed E-state index contributed by atoms with van der Waals surface area (Å²) in [6.07, 6.45) is 1.47. The third-order valence-corrected chi connectivity index (χ3v) is 3.00. The number of benzene rings is 1. The lowest BCUT2D eigenvalue weighted by Crippen LogP contribution is -2.29. The third-order valence-electron chi connectivity index (χ3n) is 2.19. The van der Waals surface area contributed by atoms with Crippen molar-refractivity contribution < 1.29 is 24.2 Å². The lowest BCUT2D eigenvalue weighted by Gasteiger charge is -2.09. The Morgan fingerprint density at radius 1 is 1.37 bits per heavy atom. The summed E-state index contributed by atoms with van der Waals surface area (Å²) in [5.41, 5.74) is 0.510. The molecule has 0 saturated carbocycles. The molecular formula is C12H8NO5S-. The van der Waals surface area contributed by atoms with Crippen molar-refractivity contribution in [2.45, 2.75) is 0 Å². The predicted molar refractivity (Wildman–Crippen MR) is 66.1 cm³/mol. The second-order valence-electron chi connectivity index (χ2n) is 3.55. The number of imide groups is 1. The number of carboxylic acid groups (broad SMARTS) is 1. The molecule has 1 saturated heterocycles. The van der Waals surface area contributed by atoms with Gasteiger partial charge in [0.1, 0.15) is 12.4 Å². The van der Waals surface area contributed by atoms with E-state index >= 15 is 0 Å². The first-order valence-electron chi connectivity index (χ1n) is 5.23. The van der Waals surface area contributed by atoms with Crippen LogP contribution >= 0.6 is 11.8 Å². The fourth-order valence-electron chi connectivity index (χ4n) is 1.43. The van der Waals surface area contributed by atoms with Crippen molar-refractivity contribution in [1.29, 1.82) is 0 Å². The highest BCUT2D eigenvalue weighted by Crippen LogP contribution is 2.28. The molecule has 98 valence electrons. The van der Waals surface area contributed by atoms with Crippen molar-refractivity contribution in [2.24, 2.45) is 0 Å². The Kier molecular flexibility index (Phi) is 3.86. The highest BCUT2D eigenvalue weighted by Gasteiger charge is 2.25. The molecule has 7 heteroatoms. The molecule has 1 aliphatic heterocycles. The maximum absolute atomic E-state index is 11.4. The van der Waals surface area contributed by atoms with Gasteiger partial charge in [0.05, 0.1) is 10.9 Å². The number of carboxylic acids is 1. The van der Waals surface area contributed by atoms with Gasteiger partial charge in [-0.2, -0.15) is 0 Å². The van der Waals surface area contributed by atoms with E-state index in [0.29, 0.717) is 11.3 Å². The molecule has 6 nitrogen and oxygen atoms in total. The zero-order valence-corrected chi connectivity index (χ0v) is 10.4. The van der Waals surface area contributed by atoms with Gasteiger partial charge < -0.3 is 14.6 Å². The molecule has 0 spiro atoms. The minimum Gasteiger partial charge on any atom is -0.546 e. The van der Waals surface area contributed by atoms with Crippen LogP contribution in [0.3, 0.4) is 0 Å². The van der Waals surface area contributed by atoms with Crippen molar-refractivity contribution in [3.8, 4) is 5.75 Å². The van der Waals surface area contributed by atoms with Gasteiger partial charge in [0.15, 0.2) is 0 Å². The number of rotatable bonds is 4. The third kappa shape index (κ3) is 3.35. The zero-order chi connectivity index (χ0) is 13.8. The van der Waals surface area contributed by atoms with Gasteiger partial charge in [-0.1, -0.05) is 18.2 Å². The molecule has 0 bridgehead atoms. The van der Waals surface area contributed by atoms with E-state index in [2.05, 4.69) is 5.32 Å². The molecule has 1 aliphatic rings. The van der Waals surface area contributed by atoms with Crippen LogP contribution in [0.4, 0.5) is 4.79 Å². The lowest BCUT2D eigenvalue weighted by molar-refractivity contribution is -0.307. The molecule has 0 atom stereocenters. The number of hydrogen-bond donors (Lipinski definition) is 1. The number of thioether (sulfide) groups is 1. The van der Waals surface area contributed by atoms with Gasteiger partial charge in [-0.05, 0) is 23.9 Å². The van der Waals surface area contributed by atoms with Crippen LogP contribution in [-0.4, -0.2) is 23.7 Å². The van der Waals surface area contributed by atoms with Crippen LogP contribution in [0, 0.1) is 0 Å². The van der Waals surface area contributed by atoms with Gasteiger partial charge in [-0.25, -0.2) is 0 Å². The summed E-state index contributed by atoms with van der Waals surface area (Å²) in [6.45, 7) is -0.585. The summed E-state index contributed by atoms with van der Waals surface area (Å²) in [4.78, 5) is 33.0. The average Bonchev–Trinajstić information content (AvgIpc) is 2.67. The molecule has 2 rings (SSSR count). The number of aliphatic carboxylic acids is 1. The summed E-state index contributed by atoms with van der Waals surface area (Å²) < 4.78 is 5.04. The SMILES string of the molecule is O=C([O-])COc1ccccc1/C=C1/SC(=O)NC1=O. The molecule has 19 heavy (non-hydrogen) atoms. The Morgan fingerprint density at radius 3 is 2.74 bits per heavy atom. The van der Waals surface area contributed by atoms with Gasteiger partial charge in [0.25, 0.3) is 11.1 Å². The first-order chi connectivity index (χ1) is 9.06. The van der Waals surface area contributed by atoms with Crippen molar-refractivity contribution in [2.75, 3.05) is 6.61 Å². The molecule has 1 aromatic rings. The Hall–Kier alpha value is -2.28. The van der Waals surface area contributed by atoms with Crippen molar-refractivity contribution in [3.05, 3.63) is 34.7 Å². The maximum Gasteiger partial charge on any atom is 0.290 e. The van der Waals surface area contributed by atoms with Gasteiger partial charge in [0.2, 0.25) is 0 Å². The molecule has 1 fully saturated rings. The summed E-state index contributed by atoms with van der Waals surface area (Å²) >= 11 is 0.779. The smallest absolute Gasteiger partial charge is 0.290 e. The van der Waals surface area contributed by atoms with E-state index in [1.807, 2.05) is 0 Å². The minimum absolute atomic E-state index is 0.231. The van der Waals surface area contributed by atoms with Gasteiger partial charge in [-0.3, -0.25) is 14.9 Å². The second-order valence-corrected chi connectivity index (χ2v) is 4.57. The van der Waals surface area contributed by atoms with Crippen molar-refractivity contribution in [3.63, 3.8) is 0 Å². The quantitative estimate of drug-likeness (QED) is 0.787. The zero-order valence-electron chi connectivity index (χ0n) is 9.54. The highest BCUT2D eigenvalue weighted by molar-refractivity contribution is 8.18. The Bertz CT molecular complexity index is 581. The van der Waals surface area contributed by atoms with Crippen LogP contribution in [0.1, 0.15) is 5.56 Å². The monoisotopic (exact) mass is 278 g/mol. The lowest BCUT2D eigenvalue weighted by atomic mass is 10.2. The van der Waals surface area contributed by atoms with Crippen LogP contribution in [-0.2, 0) is 9.59 Å². The number of nitrogens with one attached hydrogen (secondary N) is 1. The minimum atomic E-state index is -1.34. The molecule has 0 unspecified atom stereocenters. The van der Waals surface area contributed by atoms with Crippen LogP contribution < -0.4 is 15.2 Å². The molecule has 0 radical (unpaired) electrons. The van der Waals surface area contributed by atoms with Gasteiger partial charge in [-0.15, -0.1) is 0 Å². The molecule has 2 amide bonds. The summed E-state index contributed by atoms with van der Waals surface area (Å²) in [5, 5.41) is 12.0. The van der Waals surface area contributed by atoms with Crippen LogP contribution in [0.5, 0.6) is 5.75 Å². The second kappa shape index (κ2) is 5.57. The summed E-state index contributed by atoms with van der Waals surface area (Å²) in [6, 6.07) is 6.58. The van der Waals surface area contributed by atoms with Gasteiger partial charge in [0, 0.05) is 5.56 Å². The Labute approximate surface area is 112 Å². The first kappa shape index (κ1) is 13.2. The molecule has 1 aromatic carbocycles. The number of hydrogen-bond acceptors (Lipinski definition) is 6. The van der Waals surface area contributed by atoms with Crippen LogP contribution in [0.2, 0.25) is 0 Å². The summed E-state index contributed by atoms with van der Waals surface area (Å²) in [5.74, 6) is -1.53.